The Hall–Kier alpha value is -0.0800. The highest BCUT2D eigenvalue weighted by Crippen LogP contribution is 2.47. The van der Waals surface area contributed by atoms with E-state index in [1.807, 2.05) is 0 Å². The first-order valence-corrected chi connectivity index (χ1v) is 5.70. The SMILES string of the molecule is CCN1CCC2(CCC(CN)C2)C1. The Bertz CT molecular complexity index is 159. The van der Waals surface area contributed by atoms with Crippen LogP contribution in [0, 0.1) is 11.3 Å². The number of likely N-dealkylation sites (tertiary alicyclic amines) is 1. The van der Waals surface area contributed by atoms with E-state index in [1.165, 1.54) is 45.3 Å². The van der Waals surface area contributed by atoms with E-state index in [1.54, 1.807) is 0 Å². The number of hydrogen-bond acceptors (Lipinski definition) is 2. The second-order valence-electron chi connectivity index (χ2n) is 4.96. The molecule has 13 heavy (non-hydrogen) atoms. The highest BCUT2D eigenvalue weighted by molar-refractivity contribution is 4.95. The summed E-state index contributed by atoms with van der Waals surface area (Å²) in [6.45, 7) is 7.09. The molecule has 1 spiro atoms. The fraction of sp³-hybridized carbons (Fsp3) is 1.00. The Morgan fingerprint density at radius 3 is 2.85 bits per heavy atom. The summed E-state index contributed by atoms with van der Waals surface area (Å²) < 4.78 is 0. The van der Waals surface area contributed by atoms with Gasteiger partial charge in [-0.1, -0.05) is 6.92 Å². The summed E-state index contributed by atoms with van der Waals surface area (Å²) >= 11 is 0. The third kappa shape index (κ3) is 1.75. The Kier molecular flexibility index (Phi) is 2.61. The standard InChI is InChI=1S/C11H22N2/c1-2-13-6-5-11(9-13)4-3-10(7-11)8-12/h10H,2-9,12H2,1H3. The van der Waals surface area contributed by atoms with Crippen molar-refractivity contribution in [2.75, 3.05) is 26.2 Å². The summed E-state index contributed by atoms with van der Waals surface area (Å²) in [6.07, 6.45) is 5.65. The Morgan fingerprint density at radius 2 is 2.31 bits per heavy atom. The molecule has 2 aliphatic rings. The van der Waals surface area contributed by atoms with Gasteiger partial charge in [-0.3, -0.25) is 0 Å². The summed E-state index contributed by atoms with van der Waals surface area (Å²) in [7, 11) is 0. The van der Waals surface area contributed by atoms with Crippen LogP contribution in [-0.2, 0) is 0 Å². The molecule has 2 unspecified atom stereocenters. The van der Waals surface area contributed by atoms with Crippen LogP contribution < -0.4 is 5.73 Å². The monoisotopic (exact) mass is 182 g/mol. The number of rotatable bonds is 2. The molecular formula is C11H22N2. The van der Waals surface area contributed by atoms with Crippen LogP contribution in [0.2, 0.25) is 0 Å². The fourth-order valence-electron chi connectivity index (χ4n) is 3.20. The molecule has 0 aromatic carbocycles. The van der Waals surface area contributed by atoms with Gasteiger partial charge < -0.3 is 10.6 Å². The largest absolute Gasteiger partial charge is 0.330 e. The first-order chi connectivity index (χ1) is 6.28. The van der Waals surface area contributed by atoms with E-state index >= 15 is 0 Å². The topological polar surface area (TPSA) is 29.3 Å². The third-order valence-electron chi connectivity index (χ3n) is 4.10. The highest BCUT2D eigenvalue weighted by Gasteiger charge is 2.42. The smallest absolute Gasteiger partial charge is 0.00384 e. The Labute approximate surface area is 81.5 Å². The molecule has 1 heterocycles. The van der Waals surface area contributed by atoms with Crippen LogP contribution in [0.4, 0.5) is 0 Å². The number of nitrogens with two attached hydrogens (primary N) is 1. The van der Waals surface area contributed by atoms with Crippen LogP contribution in [0.1, 0.15) is 32.6 Å². The van der Waals surface area contributed by atoms with Gasteiger partial charge in [0.1, 0.15) is 0 Å². The molecule has 1 aliphatic carbocycles. The zero-order chi connectivity index (χ0) is 9.31. The molecule has 0 aromatic rings. The summed E-state index contributed by atoms with van der Waals surface area (Å²) in [4.78, 5) is 2.60. The van der Waals surface area contributed by atoms with Crippen molar-refractivity contribution in [1.82, 2.24) is 4.90 Å². The van der Waals surface area contributed by atoms with Crippen molar-refractivity contribution < 1.29 is 0 Å². The molecule has 0 amide bonds. The van der Waals surface area contributed by atoms with Crippen molar-refractivity contribution in [2.45, 2.75) is 32.6 Å². The summed E-state index contributed by atoms with van der Waals surface area (Å²) in [5.74, 6) is 0.830. The molecule has 1 saturated heterocycles. The van der Waals surface area contributed by atoms with Crippen LogP contribution in [0.5, 0.6) is 0 Å². The normalized spacial score (nSPS) is 40.6. The van der Waals surface area contributed by atoms with Crippen molar-refractivity contribution in [3.05, 3.63) is 0 Å². The van der Waals surface area contributed by atoms with E-state index in [2.05, 4.69) is 11.8 Å². The van der Waals surface area contributed by atoms with E-state index in [9.17, 15) is 0 Å². The van der Waals surface area contributed by atoms with E-state index in [0.29, 0.717) is 5.41 Å². The van der Waals surface area contributed by atoms with E-state index in [0.717, 1.165) is 12.5 Å². The maximum atomic E-state index is 5.74. The minimum atomic E-state index is 0.681. The second kappa shape index (κ2) is 3.58. The number of nitrogens with zero attached hydrogens (tertiary/aromatic N) is 1. The van der Waals surface area contributed by atoms with Gasteiger partial charge in [-0.2, -0.15) is 0 Å². The van der Waals surface area contributed by atoms with E-state index < -0.39 is 0 Å². The third-order valence-corrected chi connectivity index (χ3v) is 4.10. The summed E-state index contributed by atoms with van der Waals surface area (Å²) in [5.41, 5.74) is 6.42. The molecule has 1 saturated carbocycles. The van der Waals surface area contributed by atoms with Gasteiger partial charge in [0, 0.05) is 6.54 Å². The molecule has 1 aliphatic heterocycles. The van der Waals surface area contributed by atoms with Crippen LogP contribution in [0.25, 0.3) is 0 Å². The maximum absolute atomic E-state index is 5.74. The zero-order valence-electron chi connectivity index (χ0n) is 8.76. The molecule has 76 valence electrons. The predicted octanol–water partition coefficient (Wildman–Crippen LogP) is 1.46. The molecule has 0 radical (unpaired) electrons. The molecule has 2 atom stereocenters. The first kappa shape index (κ1) is 9.47. The van der Waals surface area contributed by atoms with Crippen molar-refractivity contribution in [3.63, 3.8) is 0 Å². The molecule has 2 nitrogen and oxygen atoms in total. The second-order valence-corrected chi connectivity index (χ2v) is 4.96. The molecule has 2 rings (SSSR count). The number of hydrogen-bond donors (Lipinski definition) is 1. The van der Waals surface area contributed by atoms with E-state index in [4.69, 9.17) is 5.73 Å². The van der Waals surface area contributed by atoms with Crippen molar-refractivity contribution in [2.24, 2.45) is 17.1 Å². The lowest BCUT2D eigenvalue weighted by Gasteiger charge is -2.23. The van der Waals surface area contributed by atoms with Gasteiger partial charge in [0.15, 0.2) is 0 Å². The average Bonchev–Trinajstić information content (AvgIpc) is 2.74. The molecule has 2 fully saturated rings. The van der Waals surface area contributed by atoms with Crippen molar-refractivity contribution in [1.29, 1.82) is 0 Å². The fourth-order valence-corrected chi connectivity index (χ4v) is 3.20. The van der Waals surface area contributed by atoms with Crippen molar-refractivity contribution >= 4 is 0 Å². The molecule has 2 heteroatoms. The van der Waals surface area contributed by atoms with Crippen LogP contribution >= 0.6 is 0 Å². The zero-order valence-corrected chi connectivity index (χ0v) is 8.76. The van der Waals surface area contributed by atoms with Crippen LogP contribution in [-0.4, -0.2) is 31.1 Å². The van der Waals surface area contributed by atoms with Gasteiger partial charge in [-0.05, 0) is 56.7 Å². The molecule has 0 bridgehead atoms. The summed E-state index contributed by atoms with van der Waals surface area (Å²) in [6, 6.07) is 0. The van der Waals surface area contributed by atoms with Gasteiger partial charge in [-0.15, -0.1) is 0 Å². The molecular weight excluding hydrogens is 160 g/mol. The van der Waals surface area contributed by atoms with Gasteiger partial charge in [-0.25, -0.2) is 0 Å². The molecule has 0 aromatic heterocycles. The summed E-state index contributed by atoms with van der Waals surface area (Å²) in [5, 5.41) is 0. The highest BCUT2D eigenvalue weighted by atomic mass is 15.1. The van der Waals surface area contributed by atoms with Gasteiger partial charge in [0.25, 0.3) is 0 Å². The Morgan fingerprint density at radius 1 is 1.46 bits per heavy atom. The van der Waals surface area contributed by atoms with Gasteiger partial charge in [0.05, 0.1) is 0 Å². The minimum Gasteiger partial charge on any atom is -0.330 e. The van der Waals surface area contributed by atoms with E-state index in [-0.39, 0.29) is 0 Å². The first-order valence-electron chi connectivity index (χ1n) is 5.70. The van der Waals surface area contributed by atoms with Gasteiger partial charge in [0.2, 0.25) is 0 Å². The lowest BCUT2D eigenvalue weighted by Crippen LogP contribution is -2.25. The molecule has 2 N–H and O–H groups in total. The van der Waals surface area contributed by atoms with Crippen LogP contribution in [0.15, 0.2) is 0 Å². The predicted molar refractivity (Wildman–Crippen MR) is 55.6 cm³/mol. The quantitative estimate of drug-likeness (QED) is 0.700. The lowest BCUT2D eigenvalue weighted by molar-refractivity contribution is 0.261. The Balaban J connectivity index is 1.93. The maximum Gasteiger partial charge on any atom is 0.00384 e. The van der Waals surface area contributed by atoms with Gasteiger partial charge >= 0.3 is 0 Å². The van der Waals surface area contributed by atoms with Crippen LogP contribution in [0.3, 0.4) is 0 Å². The minimum absolute atomic E-state index is 0.681. The van der Waals surface area contributed by atoms with Crippen molar-refractivity contribution in [3.8, 4) is 0 Å². The lowest BCUT2D eigenvalue weighted by atomic mass is 9.84. The average molecular weight is 182 g/mol.